The first-order valence-corrected chi connectivity index (χ1v) is 6.30. The highest BCUT2D eigenvalue weighted by Gasteiger charge is 2.19. The van der Waals surface area contributed by atoms with Gasteiger partial charge < -0.3 is 0 Å². The highest BCUT2D eigenvalue weighted by Crippen LogP contribution is 2.25. The SMILES string of the molecule is CCc1nnc(C)cc1C(NN)c1cc(F)cc(F)c1. The normalized spacial score (nSPS) is 12.4. The fourth-order valence-corrected chi connectivity index (χ4v) is 2.17. The van der Waals surface area contributed by atoms with Crippen molar-refractivity contribution < 1.29 is 8.78 Å². The first-order chi connectivity index (χ1) is 9.55. The lowest BCUT2D eigenvalue weighted by Gasteiger charge is -2.19. The van der Waals surface area contributed by atoms with Gasteiger partial charge >= 0.3 is 0 Å². The number of nitrogens with two attached hydrogens (primary N) is 1. The molecule has 0 spiro atoms. The zero-order chi connectivity index (χ0) is 14.7. The van der Waals surface area contributed by atoms with Crippen molar-refractivity contribution >= 4 is 0 Å². The van der Waals surface area contributed by atoms with Gasteiger partial charge in [0.05, 0.1) is 17.4 Å². The van der Waals surface area contributed by atoms with Crippen molar-refractivity contribution in [1.82, 2.24) is 15.6 Å². The molecule has 1 unspecified atom stereocenters. The third-order valence-electron chi connectivity index (χ3n) is 3.06. The fraction of sp³-hybridized carbons (Fsp3) is 0.286. The van der Waals surface area contributed by atoms with E-state index in [1.54, 1.807) is 6.92 Å². The van der Waals surface area contributed by atoms with Gasteiger partial charge in [-0.1, -0.05) is 6.92 Å². The maximum absolute atomic E-state index is 13.4. The van der Waals surface area contributed by atoms with Crippen molar-refractivity contribution in [2.24, 2.45) is 5.84 Å². The molecule has 0 fully saturated rings. The molecule has 0 amide bonds. The van der Waals surface area contributed by atoms with E-state index in [9.17, 15) is 8.78 Å². The van der Waals surface area contributed by atoms with Gasteiger partial charge in [0.25, 0.3) is 0 Å². The molecule has 0 saturated heterocycles. The Morgan fingerprint density at radius 3 is 2.35 bits per heavy atom. The summed E-state index contributed by atoms with van der Waals surface area (Å²) in [6.45, 7) is 3.73. The monoisotopic (exact) mass is 278 g/mol. The van der Waals surface area contributed by atoms with Crippen molar-refractivity contribution in [1.29, 1.82) is 0 Å². The van der Waals surface area contributed by atoms with E-state index in [1.807, 2.05) is 13.0 Å². The van der Waals surface area contributed by atoms with Gasteiger partial charge in [0, 0.05) is 11.6 Å². The van der Waals surface area contributed by atoms with E-state index in [-0.39, 0.29) is 0 Å². The summed E-state index contributed by atoms with van der Waals surface area (Å²) in [5.74, 6) is 4.28. The summed E-state index contributed by atoms with van der Waals surface area (Å²) in [4.78, 5) is 0. The van der Waals surface area contributed by atoms with Gasteiger partial charge in [-0.2, -0.15) is 10.2 Å². The third kappa shape index (κ3) is 2.97. The number of hydrogen-bond donors (Lipinski definition) is 2. The standard InChI is InChI=1S/C14H16F2N4/c1-3-13-12(4-8(2)19-20-13)14(18-17)9-5-10(15)7-11(16)6-9/h4-7,14,18H,3,17H2,1-2H3. The van der Waals surface area contributed by atoms with E-state index in [0.717, 1.165) is 17.3 Å². The minimum absolute atomic E-state index is 0.409. The van der Waals surface area contributed by atoms with Crippen LogP contribution in [0.1, 0.15) is 35.5 Å². The molecular weight excluding hydrogens is 262 g/mol. The largest absolute Gasteiger partial charge is 0.271 e. The Morgan fingerprint density at radius 1 is 1.15 bits per heavy atom. The molecule has 0 aliphatic carbocycles. The molecule has 0 aliphatic heterocycles. The number of hydrazine groups is 1. The van der Waals surface area contributed by atoms with Crippen molar-refractivity contribution in [3.8, 4) is 0 Å². The number of nitrogens with one attached hydrogen (secondary N) is 1. The summed E-state index contributed by atoms with van der Waals surface area (Å²) >= 11 is 0. The number of rotatable bonds is 4. The van der Waals surface area contributed by atoms with Gasteiger partial charge in [-0.15, -0.1) is 0 Å². The van der Waals surface area contributed by atoms with Gasteiger partial charge in [0.1, 0.15) is 11.6 Å². The number of aryl methyl sites for hydroxylation is 2. The van der Waals surface area contributed by atoms with Crippen LogP contribution in [0.3, 0.4) is 0 Å². The highest BCUT2D eigenvalue weighted by molar-refractivity contribution is 5.35. The molecular formula is C14H16F2N4. The molecule has 2 aromatic rings. The molecule has 0 saturated carbocycles. The summed E-state index contributed by atoms with van der Waals surface area (Å²) in [7, 11) is 0. The summed E-state index contributed by atoms with van der Waals surface area (Å²) in [5, 5.41) is 8.09. The van der Waals surface area contributed by atoms with Crippen LogP contribution < -0.4 is 11.3 Å². The van der Waals surface area contributed by atoms with Gasteiger partial charge in [0.15, 0.2) is 0 Å². The summed E-state index contributed by atoms with van der Waals surface area (Å²) < 4.78 is 26.7. The molecule has 106 valence electrons. The number of benzene rings is 1. The van der Waals surface area contributed by atoms with Gasteiger partial charge in [0.2, 0.25) is 0 Å². The highest BCUT2D eigenvalue weighted by atomic mass is 19.1. The molecule has 1 heterocycles. The zero-order valence-corrected chi connectivity index (χ0v) is 11.3. The van der Waals surface area contributed by atoms with Crippen LogP contribution in [0.5, 0.6) is 0 Å². The number of aromatic nitrogens is 2. The Balaban J connectivity index is 2.54. The minimum atomic E-state index is -0.642. The molecule has 2 rings (SSSR count). The van der Waals surface area contributed by atoms with Crippen LogP contribution >= 0.6 is 0 Å². The summed E-state index contributed by atoms with van der Waals surface area (Å²) in [6.07, 6.45) is 0.651. The molecule has 20 heavy (non-hydrogen) atoms. The Labute approximate surface area is 116 Å². The number of hydrogen-bond acceptors (Lipinski definition) is 4. The second kappa shape index (κ2) is 6.02. The Kier molecular flexibility index (Phi) is 4.36. The Morgan fingerprint density at radius 2 is 1.80 bits per heavy atom. The van der Waals surface area contributed by atoms with E-state index in [0.29, 0.717) is 17.7 Å². The maximum atomic E-state index is 13.4. The zero-order valence-electron chi connectivity index (χ0n) is 11.3. The molecule has 0 bridgehead atoms. The smallest absolute Gasteiger partial charge is 0.126 e. The lowest BCUT2D eigenvalue weighted by atomic mass is 9.96. The Hall–Kier alpha value is -1.92. The summed E-state index contributed by atoms with van der Waals surface area (Å²) in [5.41, 5.74) is 5.23. The van der Waals surface area contributed by atoms with Crippen LogP contribution in [-0.2, 0) is 6.42 Å². The van der Waals surface area contributed by atoms with Gasteiger partial charge in [-0.05, 0) is 37.1 Å². The van der Waals surface area contributed by atoms with E-state index < -0.39 is 17.7 Å². The first-order valence-electron chi connectivity index (χ1n) is 6.30. The fourth-order valence-electron chi connectivity index (χ4n) is 2.17. The third-order valence-corrected chi connectivity index (χ3v) is 3.06. The molecule has 3 N–H and O–H groups in total. The average molecular weight is 278 g/mol. The van der Waals surface area contributed by atoms with E-state index in [4.69, 9.17) is 5.84 Å². The minimum Gasteiger partial charge on any atom is -0.271 e. The average Bonchev–Trinajstić information content (AvgIpc) is 2.39. The van der Waals surface area contributed by atoms with Crippen molar-refractivity contribution in [3.05, 3.63) is 58.4 Å². The maximum Gasteiger partial charge on any atom is 0.126 e. The molecule has 1 aromatic heterocycles. The molecule has 1 atom stereocenters. The van der Waals surface area contributed by atoms with Gasteiger partial charge in [-0.3, -0.25) is 5.84 Å². The number of nitrogens with zero attached hydrogens (tertiary/aromatic N) is 2. The van der Waals surface area contributed by atoms with Crippen molar-refractivity contribution in [2.45, 2.75) is 26.3 Å². The van der Waals surface area contributed by atoms with E-state index in [1.165, 1.54) is 12.1 Å². The lowest BCUT2D eigenvalue weighted by Crippen LogP contribution is -2.30. The Bertz CT molecular complexity index is 596. The second-order valence-electron chi connectivity index (χ2n) is 4.54. The second-order valence-corrected chi connectivity index (χ2v) is 4.54. The molecule has 0 radical (unpaired) electrons. The predicted octanol–water partition coefficient (Wildman–Crippen LogP) is 2.18. The van der Waals surface area contributed by atoms with Crippen LogP contribution in [0.4, 0.5) is 8.78 Å². The number of halogens is 2. The predicted molar refractivity (Wildman–Crippen MR) is 71.7 cm³/mol. The lowest BCUT2D eigenvalue weighted by molar-refractivity contribution is 0.563. The van der Waals surface area contributed by atoms with E-state index in [2.05, 4.69) is 15.6 Å². The molecule has 6 heteroatoms. The molecule has 4 nitrogen and oxygen atoms in total. The van der Waals surface area contributed by atoms with Gasteiger partial charge in [-0.25, -0.2) is 14.2 Å². The molecule has 0 aliphatic rings. The van der Waals surface area contributed by atoms with Crippen molar-refractivity contribution in [3.63, 3.8) is 0 Å². The summed E-state index contributed by atoms with van der Waals surface area (Å²) in [6, 6.07) is 4.61. The van der Waals surface area contributed by atoms with Crippen LogP contribution in [0, 0.1) is 18.6 Å². The van der Waals surface area contributed by atoms with E-state index >= 15 is 0 Å². The van der Waals surface area contributed by atoms with Crippen LogP contribution in [0.25, 0.3) is 0 Å². The molecule has 1 aromatic carbocycles. The van der Waals surface area contributed by atoms with Crippen molar-refractivity contribution in [2.75, 3.05) is 0 Å². The van der Waals surface area contributed by atoms with Crippen LogP contribution in [-0.4, -0.2) is 10.2 Å². The van der Waals surface area contributed by atoms with Crippen LogP contribution in [0.2, 0.25) is 0 Å². The quantitative estimate of drug-likeness (QED) is 0.664. The first kappa shape index (κ1) is 14.5. The van der Waals surface area contributed by atoms with Crippen LogP contribution in [0.15, 0.2) is 24.3 Å². The topological polar surface area (TPSA) is 63.8 Å².